The zero-order valence-electron chi connectivity index (χ0n) is 27.4. The van der Waals surface area contributed by atoms with E-state index >= 15 is 0 Å². The molecule has 0 radical (unpaired) electrons. The normalized spacial score (nSPS) is 18.0. The first-order valence-corrected chi connectivity index (χ1v) is 16.2. The number of hydrogen-bond acceptors (Lipinski definition) is 8. The number of fused-ring (bicyclic) bond motifs is 2. The van der Waals surface area contributed by atoms with Crippen molar-refractivity contribution >= 4 is 40.4 Å². The molecular weight excluding hydrogens is 590 g/mol. The zero-order valence-corrected chi connectivity index (χ0v) is 27.4. The summed E-state index contributed by atoms with van der Waals surface area (Å²) in [4.78, 5) is 68.9. The van der Waals surface area contributed by atoms with E-state index in [1.807, 2.05) is 58.9 Å². The molecule has 0 aliphatic carbocycles. The molecule has 4 atom stereocenters. The van der Waals surface area contributed by atoms with Crippen LogP contribution in [0.4, 0.5) is 0 Å². The summed E-state index contributed by atoms with van der Waals surface area (Å²) >= 11 is 0. The Labute approximate surface area is 270 Å². The summed E-state index contributed by atoms with van der Waals surface area (Å²) in [7, 11) is 0. The molecule has 0 spiro atoms. The van der Waals surface area contributed by atoms with Gasteiger partial charge in [-0.05, 0) is 60.9 Å². The Morgan fingerprint density at radius 3 is 1.85 bits per heavy atom. The lowest BCUT2D eigenvalue weighted by Gasteiger charge is -2.34. The minimum Gasteiger partial charge on any atom is -0.480 e. The summed E-state index contributed by atoms with van der Waals surface area (Å²) in [6.45, 7) is 12.1. The average Bonchev–Trinajstić information content (AvgIpc) is 3.24. The Hall–Kier alpha value is -3.87. The number of carbonyl (C=O) groups is 5. The van der Waals surface area contributed by atoms with Crippen LogP contribution in [0, 0.1) is 11.8 Å². The van der Waals surface area contributed by atoms with E-state index in [0.717, 1.165) is 15.7 Å². The molecule has 2 unspecified atom stereocenters. The van der Waals surface area contributed by atoms with Gasteiger partial charge in [-0.2, -0.15) is 0 Å². The number of carboxylic acids is 1. The van der Waals surface area contributed by atoms with E-state index in [0.29, 0.717) is 39.1 Å². The summed E-state index contributed by atoms with van der Waals surface area (Å²) in [5, 5.41) is 20.6. The first-order valence-electron chi connectivity index (χ1n) is 16.2. The molecule has 2 heterocycles. The molecule has 12 nitrogen and oxygen atoms in total. The van der Waals surface area contributed by atoms with Gasteiger partial charge in [0.25, 0.3) is 11.8 Å². The van der Waals surface area contributed by atoms with Crippen LogP contribution in [-0.2, 0) is 19.1 Å². The third-order valence-electron chi connectivity index (χ3n) is 8.49. The lowest BCUT2D eigenvalue weighted by atomic mass is 9.99. The van der Waals surface area contributed by atoms with Crippen molar-refractivity contribution in [3.05, 3.63) is 47.5 Å². The molecule has 1 fully saturated rings. The Balaban J connectivity index is 1.43. The zero-order chi connectivity index (χ0) is 33.5. The quantitative estimate of drug-likeness (QED) is 0.216. The maximum Gasteiger partial charge on any atom is 0.320 e. The summed E-state index contributed by atoms with van der Waals surface area (Å²) in [5.74, 6) is -2.80. The predicted octanol–water partition coefficient (Wildman–Crippen LogP) is 2.61. The Bertz CT molecular complexity index is 1380. The summed E-state index contributed by atoms with van der Waals surface area (Å²) in [5.41, 5.74) is 0.580. The molecule has 0 bridgehead atoms. The van der Waals surface area contributed by atoms with Gasteiger partial charge in [0.1, 0.15) is 12.1 Å². The van der Waals surface area contributed by atoms with E-state index in [2.05, 4.69) is 20.9 Å². The van der Waals surface area contributed by atoms with Crippen LogP contribution in [-0.4, -0.2) is 102 Å². The standard InChI is InChI=1S/C34H47N5O7/c1-20(2)16-28(31(41)37-29(17-21(3)4)30(40)35-22(5)38-12-14-46-15-13-38)36-27(34(44)45)10-11-39-32(42)25-18-23-8-6-7-9-24(23)19-26(25)33(39)43/h6-9,18-22,27-29,36H,10-17H2,1-5H3,(H,35,40)(H,37,41)(H,44,45)/t22?,27?,28-,29-/m0/s1. The average molecular weight is 638 g/mol. The maximum absolute atomic E-state index is 13.7. The maximum atomic E-state index is 13.7. The van der Waals surface area contributed by atoms with Crippen molar-refractivity contribution in [1.82, 2.24) is 25.8 Å². The monoisotopic (exact) mass is 637 g/mol. The van der Waals surface area contributed by atoms with Gasteiger partial charge in [-0.25, -0.2) is 0 Å². The second kappa shape index (κ2) is 15.6. The minimum atomic E-state index is -1.23. The topological polar surface area (TPSA) is 157 Å². The van der Waals surface area contributed by atoms with Crippen LogP contribution in [0.1, 0.15) is 74.6 Å². The highest BCUT2D eigenvalue weighted by molar-refractivity contribution is 6.23. The predicted molar refractivity (Wildman–Crippen MR) is 173 cm³/mol. The first-order chi connectivity index (χ1) is 21.8. The highest BCUT2D eigenvalue weighted by Crippen LogP contribution is 2.28. The number of imide groups is 1. The lowest BCUT2D eigenvalue weighted by molar-refractivity contribution is -0.140. The fraction of sp³-hybridized carbons (Fsp3) is 0.559. The van der Waals surface area contributed by atoms with Gasteiger partial charge >= 0.3 is 5.97 Å². The molecule has 4 rings (SSSR count). The van der Waals surface area contributed by atoms with E-state index in [4.69, 9.17) is 4.74 Å². The molecule has 12 heteroatoms. The van der Waals surface area contributed by atoms with E-state index in [1.54, 1.807) is 12.1 Å². The number of nitrogens with zero attached hydrogens (tertiary/aromatic N) is 2. The van der Waals surface area contributed by atoms with E-state index in [9.17, 15) is 29.1 Å². The molecule has 46 heavy (non-hydrogen) atoms. The van der Waals surface area contributed by atoms with Crippen LogP contribution >= 0.6 is 0 Å². The van der Waals surface area contributed by atoms with Gasteiger partial charge in [-0.15, -0.1) is 0 Å². The number of carbonyl (C=O) groups excluding carboxylic acids is 4. The van der Waals surface area contributed by atoms with Crippen LogP contribution in [0.5, 0.6) is 0 Å². The van der Waals surface area contributed by atoms with Gasteiger partial charge in [0.05, 0.1) is 36.5 Å². The van der Waals surface area contributed by atoms with Gasteiger partial charge in [-0.3, -0.25) is 39.1 Å². The fourth-order valence-electron chi connectivity index (χ4n) is 6.02. The molecule has 2 aliphatic heterocycles. The Morgan fingerprint density at radius 1 is 0.804 bits per heavy atom. The smallest absolute Gasteiger partial charge is 0.320 e. The van der Waals surface area contributed by atoms with Gasteiger partial charge in [0, 0.05) is 19.6 Å². The summed E-state index contributed by atoms with van der Waals surface area (Å²) in [6, 6.07) is 7.84. The number of nitrogens with one attached hydrogen (secondary N) is 3. The van der Waals surface area contributed by atoms with Crippen LogP contribution in [0.25, 0.3) is 10.8 Å². The van der Waals surface area contributed by atoms with Crippen molar-refractivity contribution in [2.45, 2.75) is 78.2 Å². The Morgan fingerprint density at radius 2 is 1.33 bits per heavy atom. The van der Waals surface area contributed by atoms with Gasteiger partial charge in [0.15, 0.2) is 0 Å². The number of morpholine rings is 1. The molecule has 250 valence electrons. The van der Waals surface area contributed by atoms with E-state index < -0.39 is 41.8 Å². The second-order valence-corrected chi connectivity index (χ2v) is 13.1. The number of benzene rings is 2. The summed E-state index contributed by atoms with van der Waals surface area (Å²) < 4.78 is 5.40. The molecule has 4 amide bonds. The molecule has 4 N–H and O–H groups in total. The van der Waals surface area contributed by atoms with Crippen LogP contribution in [0.2, 0.25) is 0 Å². The van der Waals surface area contributed by atoms with Crippen LogP contribution < -0.4 is 16.0 Å². The molecule has 0 saturated carbocycles. The third kappa shape index (κ3) is 8.68. The van der Waals surface area contributed by atoms with Crippen molar-refractivity contribution < 1.29 is 33.8 Å². The van der Waals surface area contributed by atoms with E-state index in [1.165, 1.54) is 0 Å². The number of hydrogen-bond donors (Lipinski definition) is 4. The first kappa shape index (κ1) is 35.0. The lowest BCUT2D eigenvalue weighted by Crippen LogP contribution is -2.59. The number of aliphatic carboxylic acids is 1. The molecule has 1 saturated heterocycles. The van der Waals surface area contributed by atoms with E-state index in [-0.39, 0.29) is 48.0 Å². The molecule has 2 aromatic rings. The number of amides is 4. The SMILES string of the molecule is CC(C)C[C@H](NC(=O)[C@H](CC(C)C)NC(CCN1C(=O)c2cc3ccccc3cc2C1=O)C(=O)O)C(=O)NC(C)N1CCOCC1. The number of rotatable bonds is 15. The Kier molecular flexibility index (Phi) is 11.9. The number of carboxylic acid groups (broad SMARTS) is 1. The van der Waals surface area contributed by atoms with Crippen molar-refractivity contribution in [3.8, 4) is 0 Å². The summed E-state index contributed by atoms with van der Waals surface area (Å²) in [6.07, 6.45) is 0.369. The van der Waals surface area contributed by atoms with Crippen molar-refractivity contribution in [2.24, 2.45) is 11.8 Å². The number of ether oxygens (including phenoxy) is 1. The van der Waals surface area contributed by atoms with Gasteiger partial charge in [-0.1, -0.05) is 52.0 Å². The van der Waals surface area contributed by atoms with Gasteiger partial charge < -0.3 is 20.5 Å². The molecular formula is C34H47N5O7. The van der Waals surface area contributed by atoms with Crippen LogP contribution in [0.15, 0.2) is 36.4 Å². The van der Waals surface area contributed by atoms with Crippen molar-refractivity contribution in [3.63, 3.8) is 0 Å². The molecule has 2 aliphatic rings. The largest absolute Gasteiger partial charge is 0.480 e. The second-order valence-electron chi connectivity index (χ2n) is 13.1. The fourth-order valence-corrected chi connectivity index (χ4v) is 6.02. The minimum absolute atomic E-state index is 0.0294. The highest BCUT2D eigenvalue weighted by Gasteiger charge is 2.37. The molecule has 0 aromatic heterocycles. The molecule has 2 aromatic carbocycles. The highest BCUT2D eigenvalue weighted by atomic mass is 16.5. The van der Waals surface area contributed by atoms with Gasteiger partial charge in [0.2, 0.25) is 11.8 Å². The third-order valence-corrected chi connectivity index (χ3v) is 8.49. The van der Waals surface area contributed by atoms with Crippen molar-refractivity contribution in [1.29, 1.82) is 0 Å². The van der Waals surface area contributed by atoms with Crippen molar-refractivity contribution in [2.75, 3.05) is 32.8 Å². The van der Waals surface area contributed by atoms with Crippen LogP contribution in [0.3, 0.4) is 0 Å².